The molecule has 0 saturated heterocycles. The molecule has 0 unspecified atom stereocenters. The van der Waals surface area contributed by atoms with Gasteiger partial charge in [-0.15, -0.1) is 0 Å². The highest BCUT2D eigenvalue weighted by atomic mass is 19.4. The smallest absolute Gasteiger partial charge is 0.481 e. The van der Waals surface area contributed by atoms with E-state index in [0.29, 0.717) is 11.3 Å². The van der Waals surface area contributed by atoms with Crippen molar-refractivity contribution in [2.45, 2.75) is 38.5 Å². The molecule has 1 aromatic carbocycles. The fourth-order valence-corrected chi connectivity index (χ4v) is 2.35. The highest BCUT2D eigenvalue weighted by molar-refractivity contribution is 5.97. The second-order valence-electron chi connectivity index (χ2n) is 7.49. The molecule has 16 heteroatoms. The Morgan fingerprint density at radius 2 is 1.51 bits per heavy atom. The number of hydrogen-bond donors (Lipinski definition) is 7. The van der Waals surface area contributed by atoms with E-state index >= 15 is 0 Å². The number of carbonyl (C=O) groups excluding carboxylic acids is 2. The Hall–Kier alpha value is -4.63. The summed E-state index contributed by atoms with van der Waals surface area (Å²) in [5.74, 6) is -7.50. The fourth-order valence-electron chi connectivity index (χ4n) is 2.35. The molecule has 2 amide bonds. The van der Waals surface area contributed by atoms with Crippen LogP contribution in [0.1, 0.15) is 25.8 Å². The normalized spacial score (nSPS) is 12.5. The zero-order valence-corrected chi connectivity index (χ0v) is 19.5. The van der Waals surface area contributed by atoms with Crippen molar-refractivity contribution in [1.82, 2.24) is 10.6 Å². The Morgan fingerprint density at radius 1 is 1.00 bits per heavy atom. The Bertz CT molecular complexity index is 1040. The lowest BCUT2D eigenvalue weighted by molar-refractivity contribution is -0.192. The number of carboxylic acid groups (broad SMARTS) is 3. The second kappa shape index (κ2) is 14.7. The third kappa shape index (κ3) is 13.7. The van der Waals surface area contributed by atoms with Gasteiger partial charge in [0, 0.05) is 6.08 Å². The SMILES string of the molecule is CC(C)[C@H](NC(=O)[C@@H](CC(=O)O)NC(=O)C=Cc1ccc(N=C(N)N)cc1)C(=O)O.O=C(O)C(F)(F)F. The van der Waals surface area contributed by atoms with Gasteiger partial charge in [-0.1, -0.05) is 26.0 Å². The van der Waals surface area contributed by atoms with Crippen LogP contribution in [0.15, 0.2) is 35.3 Å². The predicted molar refractivity (Wildman–Crippen MR) is 123 cm³/mol. The molecule has 2 atom stereocenters. The monoisotopic (exact) mass is 533 g/mol. The van der Waals surface area contributed by atoms with E-state index in [1.165, 1.54) is 6.08 Å². The molecule has 0 saturated carbocycles. The number of aliphatic carboxylic acids is 3. The average molecular weight is 533 g/mol. The summed E-state index contributed by atoms with van der Waals surface area (Å²) < 4.78 is 31.7. The van der Waals surface area contributed by atoms with Crippen LogP contribution in [0.5, 0.6) is 0 Å². The number of amides is 2. The summed E-state index contributed by atoms with van der Waals surface area (Å²) in [6.07, 6.45) is -3.23. The minimum absolute atomic E-state index is 0.0944. The molecule has 0 aromatic heterocycles. The number of nitrogens with one attached hydrogen (secondary N) is 2. The van der Waals surface area contributed by atoms with Gasteiger partial charge in [-0.25, -0.2) is 14.6 Å². The molecule has 0 aliphatic heterocycles. The minimum Gasteiger partial charge on any atom is -0.481 e. The maximum atomic E-state index is 12.3. The number of nitrogens with two attached hydrogens (primary N) is 2. The summed E-state index contributed by atoms with van der Waals surface area (Å²) in [4.78, 5) is 59.5. The number of guanidine groups is 1. The molecule has 204 valence electrons. The first kappa shape index (κ1) is 32.4. The fraction of sp³-hybridized carbons (Fsp3) is 0.333. The molecule has 0 heterocycles. The number of nitrogens with zero attached hydrogens (tertiary/aromatic N) is 1. The van der Waals surface area contributed by atoms with Gasteiger partial charge in [0.1, 0.15) is 12.1 Å². The first-order chi connectivity index (χ1) is 16.9. The van der Waals surface area contributed by atoms with E-state index in [9.17, 15) is 32.3 Å². The Labute approximate surface area is 208 Å². The van der Waals surface area contributed by atoms with Crippen LogP contribution in [0.25, 0.3) is 6.08 Å². The Morgan fingerprint density at radius 3 is 1.89 bits per heavy atom. The molecule has 0 aliphatic rings. The number of carbonyl (C=O) groups is 5. The van der Waals surface area contributed by atoms with Crippen molar-refractivity contribution in [3.05, 3.63) is 35.9 Å². The molecule has 9 N–H and O–H groups in total. The number of aliphatic imine (C=N–C) groups is 1. The van der Waals surface area contributed by atoms with Crippen molar-refractivity contribution in [3.8, 4) is 0 Å². The van der Waals surface area contributed by atoms with Gasteiger partial charge in [0.15, 0.2) is 5.96 Å². The summed E-state index contributed by atoms with van der Waals surface area (Å²) in [7, 11) is 0. The topological polar surface area (TPSA) is 234 Å². The number of hydrogen-bond acceptors (Lipinski definition) is 6. The Kier molecular flexibility index (Phi) is 12.9. The van der Waals surface area contributed by atoms with E-state index in [2.05, 4.69) is 15.6 Å². The lowest BCUT2D eigenvalue weighted by Gasteiger charge is -2.22. The number of rotatable bonds is 10. The van der Waals surface area contributed by atoms with E-state index in [-0.39, 0.29) is 5.96 Å². The summed E-state index contributed by atoms with van der Waals surface area (Å²) in [6, 6.07) is 3.88. The van der Waals surface area contributed by atoms with E-state index in [4.69, 9.17) is 31.6 Å². The van der Waals surface area contributed by atoms with E-state index < -0.39 is 60.3 Å². The number of alkyl halides is 3. The molecule has 37 heavy (non-hydrogen) atoms. The van der Waals surface area contributed by atoms with Gasteiger partial charge in [0.2, 0.25) is 11.8 Å². The van der Waals surface area contributed by atoms with Gasteiger partial charge in [0.05, 0.1) is 12.1 Å². The van der Waals surface area contributed by atoms with Gasteiger partial charge in [-0.05, 0) is 29.7 Å². The second-order valence-corrected chi connectivity index (χ2v) is 7.49. The molecule has 0 aliphatic carbocycles. The zero-order chi connectivity index (χ0) is 28.9. The third-order valence-corrected chi connectivity index (χ3v) is 4.06. The summed E-state index contributed by atoms with van der Waals surface area (Å²) >= 11 is 0. The first-order valence-corrected chi connectivity index (χ1v) is 10.2. The van der Waals surface area contributed by atoms with Crippen molar-refractivity contribution in [1.29, 1.82) is 0 Å². The van der Waals surface area contributed by atoms with Crippen molar-refractivity contribution >= 4 is 47.4 Å². The van der Waals surface area contributed by atoms with Crippen LogP contribution in [0.2, 0.25) is 0 Å². The maximum absolute atomic E-state index is 12.3. The quantitative estimate of drug-likeness (QED) is 0.124. The molecular weight excluding hydrogens is 507 g/mol. The van der Waals surface area contributed by atoms with Gasteiger partial charge in [-0.3, -0.25) is 14.4 Å². The molecule has 0 bridgehead atoms. The van der Waals surface area contributed by atoms with Crippen molar-refractivity contribution in [2.75, 3.05) is 0 Å². The third-order valence-electron chi connectivity index (χ3n) is 4.06. The Balaban J connectivity index is 0.00000161. The van der Waals surface area contributed by atoms with Crippen LogP contribution < -0.4 is 22.1 Å². The van der Waals surface area contributed by atoms with Crippen molar-refractivity contribution in [2.24, 2.45) is 22.4 Å². The van der Waals surface area contributed by atoms with E-state index in [1.54, 1.807) is 38.1 Å². The highest BCUT2D eigenvalue weighted by Gasteiger charge is 2.38. The van der Waals surface area contributed by atoms with Gasteiger partial charge < -0.3 is 37.4 Å². The standard InChI is InChI=1S/C19H25N5O6.C2HF3O2/c1-10(2)16(18(29)30)24-17(28)13(9-15(26)27)23-14(25)8-5-11-3-6-12(7-4-11)22-19(20)21;3-2(4,5)1(6)7/h3-8,10,13,16H,9H2,1-2H3,(H,23,25)(H,24,28)(H,26,27)(H,29,30)(H4,20,21,22);(H,6,7)/t13-,16+;/m1./s1. The van der Waals surface area contributed by atoms with Crippen LogP contribution in [0, 0.1) is 5.92 Å². The lowest BCUT2D eigenvalue weighted by atomic mass is 10.0. The number of benzene rings is 1. The van der Waals surface area contributed by atoms with Crippen LogP contribution in [0.4, 0.5) is 18.9 Å². The molecule has 13 nitrogen and oxygen atoms in total. The van der Waals surface area contributed by atoms with Gasteiger partial charge in [0.25, 0.3) is 0 Å². The summed E-state index contributed by atoms with van der Waals surface area (Å²) in [5.41, 5.74) is 11.7. The van der Waals surface area contributed by atoms with Crippen LogP contribution in [0.3, 0.4) is 0 Å². The molecular formula is C21H26F3N5O8. The number of halogens is 3. The predicted octanol–water partition coefficient (Wildman–Crippen LogP) is 0.423. The molecule has 1 aromatic rings. The number of carboxylic acids is 3. The van der Waals surface area contributed by atoms with Crippen molar-refractivity contribution < 1.29 is 52.5 Å². The average Bonchev–Trinajstić information content (AvgIpc) is 2.75. The molecule has 0 spiro atoms. The largest absolute Gasteiger partial charge is 0.490 e. The van der Waals surface area contributed by atoms with E-state index in [0.717, 1.165) is 6.08 Å². The highest BCUT2D eigenvalue weighted by Crippen LogP contribution is 2.14. The van der Waals surface area contributed by atoms with Gasteiger partial charge >= 0.3 is 24.1 Å². The zero-order valence-electron chi connectivity index (χ0n) is 19.5. The van der Waals surface area contributed by atoms with E-state index in [1.807, 2.05) is 0 Å². The summed E-state index contributed by atoms with van der Waals surface area (Å²) in [6.45, 7) is 3.18. The minimum atomic E-state index is -5.08. The van der Waals surface area contributed by atoms with Crippen LogP contribution in [-0.2, 0) is 24.0 Å². The maximum Gasteiger partial charge on any atom is 0.490 e. The first-order valence-electron chi connectivity index (χ1n) is 10.2. The van der Waals surface area contributed by atoms with Crippen LogP contribution >= 0.6 is 0 Å². The molecule has 1 rings (SSSR count). The molecule has 0 fully saturated rings. The molecule has 0 radical (unpaired) electrons. The lowest BCUT2D eigenvalue weighted by Crippen LogP contribution is -2.53. The van der Waals surface area contributed by atoms with Gasteiger partial charge in [-0.2, -0.15) is 13.2 Å². The van der Waals surface area contributed by atoms with Crippen LogP contribution in [-0.4, -0.2) is 69.3 Å². The van der Waals surface area contributed by atoms with Crippen molar-refractivity contribution in [3.63, 3.8) is 0 Å². The summed E-state index contributed by atoms with van der Waals surface area (Å²) in [5, 5.41) is 29.8.